The van der Waals surface area contributed by atoms with Gasteiger partial charge in [-0.2, -0.15) is 5.10 Å². The van der Waals surface area contributed by atoms with Crippen LogP contribution in [-0.4, -0.2) is 20.9 Å². The van der Waals surface area contributed by atoms with Crippen LogP contribution in [-0.2, 0) is 17.3 Å². The molecular formula is C13H13ClN2O2. The van der Waals surface area contributed by atoms with Gasteiger partial charge in [0.25, 0.3) is 0 Å². The van der Waals surface area contributed by atoms with Gasteiger partial charge in [0.15, 0.2) is 5.15 Å². The third-order valence-electron chi connectivity index (χ3n) is 3.97. The lowest BCUT2D eigenvalue weighted by molar-refractivity contribution is -0.147. The lowest BCUT2D eigenvalue weighted by atomic mass is 9.64. The highest BCUT2D eigenvalue weighted by molar-refractivity contribution is 6.34. The summed E-state index contributed by atoms with van der Waals surface area (Å²) in [5.74, 6) is -0.763. The molecular weight excluding hydrogens is 252 g/mol. The first-order valence-electron chi connectivity index (χ1n) is 5.91. The van der Waals surface area contributed by atoms with E-state index in [-0.39, 0.29) is 0 Å². The maximum absolute atomic E-state index is 11.6. The Morgan fingerprint density at radius 3 is 2.78 bits per heavy atom. The number of hydrogen-bond acceptors (Lipinski definition) is 2. The molecule has 0 bridgehead atoms. The Balaban J connectivity index is 2.33. The fraction of sp³-hybridized carbons (Fsp3) is 0.385. The summed E-state index contributed by atoms with van der Waals surface area (Å²) in [6.07, 6.45) is 2.29. The number of carboxylic acid groups (broad SMARTS) is 1. The molecule has 0 aliphatic heterocycles. The van der Waals surface area contributed by atoms with Crippen LogP contribution in [0.2, 0.25) is 5.15 Å². The van der Waals surface area contributed by atoms with Crippen molar-refractivity contribution < 1.29 is 9.90 Å². The standard InChI is InChI=1S/C13H13ClN2O2/c1-16-9-5-2-4-8(10(9)11(14)15-16)13(12(17)18)6-3-7-13/h2,4-5H,3,6-7H2,1H3,(H,17,18). The van der Waals surface area contributed by atoms with Crippen molar-refractivity contribution in [3.8, 4) is 0 Å². The average Bonchev–Trinajstić information content (AvgIpc) is 2.53. The number of halogens is 1. The number of aromatic nitrogens is 2. The molecule has 1 aromatic heterocycles. The predicted molar refractivity (Wildman–Crippen MR) is 68.9 cm³/mol. The molecule has 2 aromatic rings. The van der Waals surface area contributed by atoms with Crippen LogP contribution in [0.1, 0.15) is 24.8 Å². The first kappa shape index (κ1) is 11.5. The lowest BCUT2D eigenvalue weighted by Crippen LogP contribution is -2.42. The highest BCUT2D eigenvalue weighted by atomic mass is 35.5. The molecule has 1 N–H and O–H groups in total. The number of carboxylic acids is 1. The van der Waals surface area contributed by atoms with E-state index in [1.165, 1.54) is 0 Å². The van der Waals surface area contributed by atoms with E-state index < -0.39 is 11.4 Å². The van der Waals surface area contributed by atoms with E-state index in [1.54, 1.807) is 4.68 Å². The molecule has 0 unspecified atom stereocenters. The van der Waals surface area contributed by atoms with Crippen molar-refractivity contribution in [2.75, 3.05) is 0 Å². The first-order chi connectivity index (χ1) is 8.56. The summed E-state index contributed by atoms with van der Waals surface area (Å²) in [6, 6.07) is 5.65. The highest BCUT2D eigenvalue weighted by Gasteiger charge is 2.47. The molecule has 1 heterocycles. The highest BCUT2D eigenvalue weighted by Crippen LogP contribution is 2.47. The summed E-state index contributed by atoms with van der Waals surface area (Å²) in [4.78, 5) is 11.6. The van der Waals surface area contributed by atoms with Gasteiger partial charge in [0.2, 0.25) is 0 Å². The number of benzene rings is 1. The number of rotatable bonds is 2. The molecule has 5 heteroatoms. The number of nitrogens with zero attached hydrogens (tertiary/aromatic N) is 2. The van der Waals surface area contributed by atoms with Gasteiger partial charge in [0.1, 0.15) is 0 Å². The van der Waals surface area contributed by atoms with Gasteiger partial charge in [-0.3, -0.25) is 9.48 Å². The first-order valence-corrected chi connectivity index (χ1v) is 6.29. The molecule has 0 radical (unpaired) electrons. The summed E-state index contributed by atoms with van der Waals surface area (Å²) in [5.41, 5.74) is 0.911. The van der Waals surface area contributed by atoms with Crippen LogP contribution in [0.4, 0.5) is 0 Å². The van der Waals surface area contributed by atoms with E-state index >= 15 is 0 Å². The maximum Gasteiger partial charge on any atom is 0.314 e. The van der Waals surface area contributed by atoms with Crippen molar-refractivity contribution in [1.82, 2.24) is 9.78 Å². The van der Waals surface area contributed by atoms with Crippen LogP contribution in [0.15, 0.2) is 18.2 Å². The van der Waals surface area contributed by atoms with E-state index in [1.807, 2.05) is 25.2 Å². The van der Waals surface area contributed by atoms with Crippen molar-refractivity contribution in [2.45, 2.75) is 24.7 Å². The van der Waals surface area contributed by atoms with Crippen LogP contribution < -0.4 is 0 Å². The molecule has 0 atom stereocenters. The smallest absolute Gasteiger partial charge is 0.314 e. The van der Waals surface area contributed by atoms with Crippen molar-refractivity contribution in [3.05, 3.63) is 28.9 Å². The van der Waals surface area contributed by atoms with Gasteiger partial charge >= 0.3 is 5.97 Å². The second-order valence-corrected chi connectivity index (χ2v) is 5.21. The molecule has 94 valence electrons. The molecule has 1 fully saturated rings. The van der Waals surface area contributed by atoms with E-state index in [0.717, 1.165) is 22.9 Å². The van der Waals surface area contributed by atoms with Gasteiger partial charge in [-0.15, -0.1) is 0 Å². The van der Waals surface area contributed by atoms with Crippen molar-refractivity contribution in [2.24, 2.45) is 7.05 Å². The molecule has 0 saturated heterocycles. The van der Waals surface area contributed by atoms with Crippen LogP contribution in [0, 0.1) is 0 Å². The Morgan fingerprint density at radius 2 is 2.22 bits per heavy atom. The normalized spacial score (nSPS) is 17.7. The Hall–Kier alpha value is -1.55. The fourth-order valence-electron chi connectivity index (χ4n) is 2.79. The average molecular weight is 265 g/mol. The molecule has 18 heavy (non-hydrogen) atoms. The van der Waals surface area contributed by atoms with E-state index in [0.29, 0.717) is 18.0 Å². The minimum atomic E-state index is -0.772. The molecule has 4 nitrogen and oxygen atoms in total. The van der Waals surface area contributed by atoms with E-state index in [4.69, 9.17) is 11.6 Å². The topological polar surface area (TPSA) is 55.1 Å². The van der Waals surface area contributed by atoms with E-state index in [9.17, 15) is 9.90 Å². The molecule has 0 amide bonds. The zero-order chi connectivity index (χ0) is 12.9. The van der Waals surface area contributed by atoms with Crippen molar-refractivity contribution >= 4 is 28.5 Å². The van der Waals surface area contributed by atoms with Crippen LogP contribution in [0.5, 0.6) is 0 Å². The van der Waals surface area contributed by atoms with Crippen molar-refractivity contribution in [1.29, 1.82) is 0 Å². The van der Waals surface area contributed by atoms with Crippen molar-refractivity contribution in [3.63, 3.8) is 0 Å². The third-order valence-corrected chi connectivity index (χ3v) is 4.23. The SMILES string of the molecule is Cn1nc(Cl)c2c(C3(C(=O)O)CCC3)cccc21. The maximum atomic E-state index is 11.6. The van der Waals surface area contributed by atoms with Gasteiger partial charge in [0, 0.05) is 12.4 Å². The number of fused-ring (bicyclic) bond motifs is 1. The van der Waals surface area contributed by atoms with Crippen LogP contribution in [0.3, 0.4) is 0 Å². The minimum Gasteiger partial charge on any atom is -0.481 e. The second-order valence-electron chi connectivity index (χ2n) is 4.85. The fourth-order valence-corrected chi connectivity index (χ4v) is 3.10. The zero-order valence-corrected chi connectivity index (χ0v) is 10.7. The summed E-state index contributed by atoms with van der Waals surface area (Å²) < 4.78 is 1.69. The van der Waals surface area contributed by atoms with Crippen LogP contribution in [0.25, 0.3) is 10.9 Å². The Morgan fingerprint density at radius 1 is 1.50 bits per heavy atom. The molecule has 1 aromatic carbocycles. The van der Waals surface area contributed by atoms with Gasteiger partial charge in [-0.25, -0.2) is 0 Å². The number of hydrogen-bond donors (Lipinski definition) is 1. The summed E-state index contributed by atoms with van der Waals surface area (Å²) in [6.45, 7) is 0. The molecule has 1 saturated carbocycles. The van der Waals surface area contributed by atoms with Gasteiger partial charge in [-0.1, -0.05) is 30.2 Å². The van der Waals surface area contributed by atoms with Crippen LogP contribution >= 0.6 is 11.6 Å². The largest absolute Gasteiger partial charge is 0.481 e. The summed E-state index contributed by atoms with van der Waals surface area (Å²) in [7, 11) is 1.81. The lowest BCUT2D eigenvalue weighted by Gasteiger charge is -2.38. The molecule has 1 aliphatic carbocycles. The van der Waals surface area contributed by atoms with E-state index in [2.05, 4.69) is 5.10 Å². The van der Waals surface area contributed by atoms with Gasteiger partial charge in [0.05, 0.1) is 10.9 Å². The van der Waals surface area contributed by atoms with Gasteiger partial charge in [-0.05, 0) is 24.5 Å². The summed E-state index contributed by atoms with van der Waals surface area (Å²) >= 11 is 6.15. The zero-order valence-electron chi connectivity index (χ0n) is 9.98. The minimum absolute atomic E-state index is 0.385. The quantitative estimate of drug-likeness (QED) is 0.907. The molecule has 0 spiro atoms. The molecule has 3 rings (SSSR count). The van der Waals surface area contributed by atoms with Gasteiger partial charge < -0.3 is 5.11 Å². The Bertz CT molecular complexity index is 644. The third kappa shape index (κ3) is 1.32. The predicted octanol–water partition coefficient (Wildman–Crippen LogP) is 2.73. The second kappa shape index (κ2) is 3.72. The number of carbonyl (C=O) groups is 1. The Kier molecular flexibility index (Phi) is 2.38. The summed E-state index contributed by atoms with van der Waals surface area (Å²) in [5, 5.41) is 14.9. The molecule has 1 aliphatic rings. The monoisotopic (exact) mass is 264 g/mol. The number of aliphatic carboxylic acids is 1. The Labute approximate surface area is 109 Å². The number of aryl methyl sites for hydroxylation is 1.